The van der Waals surface area contributed by atoms with Gasteiger partial charge in [-0.1, -0.05) is 31.2 Å². The molecule has 0 saturated heterocycles. The summed E-state index contributed by atoms with van der Waals surface area (Å²) < 4.78 is 36.7. The Bertz CT molecular complexity index is 1060. The SMILES string of the molecule is CC[C@@H](C(=O)NC)N(Cc1ccc(OC)cc1)C(=O)CN(c1ccccc1OC)S(C)(=O)=O. The van der Waals surface area contributed by atoms with Gasteiger partial charge in [0.2, 0.25) is 21.8 Å². The van der Waals surface area contributed by atoms with Gasteiger partial charge >= 0.3 is 0 Å². The number of hydrogen-bond donors (Lipinski definition) is 1. The number of para-hydroxylation sites is 2. The van der Waals surface area contributed by atoms with Crippen molar-refractivity contribution in [1.82, 2.24) is 10.2 Å². The summed E-state index contributed by atoms with van der Waals surface area (Å²) in [7, 11) is 0.651. The summed E-state index contributed by atoms with van der Waals surface area (Å²) in [6.07, 6.45) is 1.38. The van der Waals surface area contributed by atoms with Crippen molar-refractivity contribution in [2.24, 2.45) is 0 Å². The van der Waals surface area contributed by atoms with Crippen molar-refractivity contribution in [2.75, 3.05) is 38.4 Å². The van der Waals surface area contributed by atoms with Gasteiger partial charge < -0.3 is 19.7 Å². The quantitative estimate of drug-likeness (QED) is 0.531. The van der Waals surface area contributed by atoms with E-state index in [0.717, 1.165) is 16.1 Å². The second-order valence-electron chi connectivity index (χ2n) is 7.35. The van der Waals surface area contributed by atoms with Gasteiger partial charge in [-0.3, -0.25) is 13.9 Å². The van der Waals surface area contributed by atoms with E-state index in [2.05, 4.69) is 5.32 Å². The van der Waals surface area contributed by atoms with Gasteiger partial charge in [-0.25, -0.2) is 8.42 Å². The normalized spacial score (nSPS) is 11.9. The lowest BCUT2D eigenvalue weighted by Crippen LogP contribution is -2.51. The van der Waals surface area contributed by atoms with Crippen molar-refractivity contribution in [3.05, 3.63) is 54.1 Å². The Morgan fingerprint density at radius 3 is 2.18 bits per heavy atom. The Morgan fingerprint density at radius 2 is 1.67 bits per heavy atom. The molecule has 0 saturated carbocycles. The number of sulfonamides is 1. The predicted octanol–water partition coefficient (Wildman–Crippen LogP) is 2.02. The summed E-state index contributed by atoms with van der Waals surface area (Å²) >= 11 is 0. The van der Waals surface area contributed by atoms with Crippen LogP contribution in [0.3, 0.4) is 0 Å². The van der Waals surface area contributed by atoms with Gasteiger partial charge in [-0.2, -0.15) is 0 Å². The van der Waals surface area contributed by atoms with E-state index in [1.807, 2.05) is 0 Å². The number of carbonyl (C=O) groups excluding carboxylic acids is 2. The molecule has 180 valence electrons. The van der Waals surface area contributed by atoms with Gasteiger partial charge in [0.15, 0.2) is 0 Å². The van der Waals surface area contributed by atoms with Crippen LogP contribution in [0.15, 0.2) is 48.5 Å². The molecule has 2 aromatic rings. The van der Waals surface area contributed by atoms with Crippen molar-refractivity contribution in [1.29, 1.82) is 0 Å². The first-order valence-corrected chi connectivity index (χ1v) is 12.3. The average Bonchev–Trinajstić information content (AvgIpc) is 2.81. The van der Waals surface area contributed by atoms with E-state index in [1.54, 1.807) is 62.6 Å². The third kappa shape index (κ3) is 6.61. The highest BCUT2D eigenvalue weighted by Gasteiger charge is 2.32. The Morgan fingerprint density at radius 1 is 1.03 bits per heavy atom. The average molecular weight is 478 g/mol. The van der Waals surface area contributed by atoms with E-state index in [4.69, 9.17) is 9.47 Å². The van der Waals surface area contributed by atoms with Crippen LogP contribution in [0.5, 0.6) is 11.5 Å². The fraction of sp³-hybridized carbons (Fsp3) is 0.391. The Kier molecular flexibility index (Phi) is 9.10. The zero-order valence-corrected chi connectivity index (χ0v) is 20.4. The molecule has 2 amide bonds. The maximum absolute atomic E-state index is 13.5. The van der Waals surface area contributed by atoms with E-state index < -0.39 is 28.5 Å². The molecule has 0 aliphatic rings. The molecule has 33 heavy (non-hydrogen) atoms. The standard InChI is InChI=1S/C23H31N3O6S/c1-6-19(23(28)24-2)25(15-17-11-13-18(31-3)14-12-17)22(27)16-26(33(5,29)30)20-9-7-8-10-21(20)32-4/h7-14,19H,6,15-16H2,1-5H3,(H,24,28)/t19-/m0/s1. The number of methoxy groups -OCH3 is 2. The van der Waals surface area contributed by atoms with Gasteiger partial charge in [0.1, 0.15) is 24.1 Å². The van der Waals surface area contributed by atoms with Crippen LogP contribution in [0.4, 0.5) is 5.69 Å². The van der Waals surface area contributed by atoms with Gasteiger partial charge in [0, 0.05) is 13.6 Å². The molecule has 9 nitrogen and oxygen atoms in total. The van der Waals surface area contributed by atoms with Crippen molar-refractivity contribution in [3.8, 4) is 11.5 Å². The summed E-state index contributed by atoms with van der Waals surface area (Å²) in [5.74, 6) is 0.130. The molecule has 1 N–H and O–H groups in total. The minimum absolute atomic E-state index is 0.123. The first-order chi connectivity index (χ1) is 15.7. The van der Waals surface area contributed by atoms with Crippen molar-refractivity contribution in [2.45, 2.75) is 25.9 Å². The fourth-order valence-electron chi connectivity index (χ4n) is 3.44. The van der Waals surface area contributed by atoms with Crippen molar-refractivity contribution in [3.63, 3.8) is 0 Å². The monoisotopic (exact) mass is 477 g/mol. The molecule has 10 heteroatoms. The zero-order chi connectivity index (χ0) is 24.6. The number of rotatable bonds is 11. The predicted molar refractivity (Wildman–Crippen MR) is 127 cm³/mol. The fourth-order valence-corrected chi connectivity index (χ4v) is 4.30. The van der Waals surface area contributed by atoms with Crippen LogP contribution >= 0.6 is 0 Å². The first kappa shape index (κ1) is 26.0. The van der Waals surface area contributed by atoms with E-state index >= 15 is 0 Å². The van der Waals surface area contributed by atoms with Crippen molar-refractivity contribution >= 4 is 27.5 Å². The highest BCUT2D eigenvalue weighted by molar-refractivity contribution is 7.92. The minimum Gasteiger partial charge on any atom is -0.497 e. The maximum Gasteiger partial charge on any atom is 0.244 e. The number of carbonyl (C=O) groups is 2. The molecular weight excluding hydrogens is 446 g/mol. The molecule has 0 bridgehead atoms. The second kappa shape index (κ2) is 11.6. The first-order valence-electron chi connectivity index (χ1n) is 10.4. The number of anilines is 1. The molecule has 0 unspecified atom stereocenters. The van der Waals surface area contributed by atoms with Gasteiger partial charge in [0.05, 0.1) is 26.2 Å². The van der Waals surface area contributed by atoms with Gasteiger partial charge in [-0.05, 0) is 36.2 Å². The summed E-state index contributed by atoms with van der Waals surface area (Å²) in [4.78, 5) is 27.4. The largest absolute Gasteiger partial charge is 0.497 e. The third-order valence-corrected chi connectivity index (χ3v) is 6.30. The van der Waals surface area contributed by atoms with Crippen LogP contribution in [0.25, 0.3) is 0 Å². The zero-order valence-electron chi connectivity index (χ0n) is 19.6. The van der Waals surface area contributed by atoms with Gasteiger partial charge in [-0.15, -0.1) is 0 Å². The minimum atomic E-state index is -3.83. The van der Waals surface area contributed by atoms with Crippen LogP contribution < -0.4 is 19.1 Å². The number of nitrogens with one attached hydrogen (secondary N) is 1. The molecular formula is C23H31N3O6S. The van der Waals surface area contributed by atoms with Crippen LogP contribution in [0.2, 0.25) is 0 Å². The molecule has 0 radical (unpaired) electrons. The molecule has 0 heterocycles. The summed E-state index contributed by atoms with van der Waals surface area (Å²) in [5.41, 5.74) is 1.02. The Labute approximate surface area is 195 Å². The Balaban J connectivity index is 2.45. The number of hydrogen-bond acceptors (Lipinski definition) is 6. The molecule has 0 aromatic heterocycles. The summed E-state index contributed by atoms with van der Waals surface area (Å²) in [5, 5.41) is 2.58. The van der Waals surface area contributed by atoms with E-state index in [0.29, 0.717) is 17.9 Å². The van der Waals surface area contributed by atoms with Crippen LogP contribution in [0, 0.1) is 0 Å². The number of amides is 2. The van der Waals surface area contributed by atoms with Crippen molar-refractivity contribution < 1.29 is 27.5 Å². The number of ether oxygens (including phenoxy) is 2. The number of nitrogens with zero attached hydrogens (tertiary/aromatic N) is 2. The highest BCUT2D eigenvalue weighted by atomic mass is 32.2. The summed E-state index contributed by atoms with van der Waals surface area (Å²) in [6, 6.07) is 12.9. The van der Waals surface area contributed by atoms with Crippen LogP contribution in [-0.4, -0.2) is 65.2 Å². The Hall–Kier alpha value is -3.27. The maximum atomic E-state index is 13.5. The smallest absolute Gasteiger partial charge is 0.244 e. The van der Waals surface area contributed by atoms with E-state index in [9.17, 15) is 18.0 Å². The molecule has 2 rings (SSSR count). The molecule has 0 spiro atoms. The van der Waals surface area contributed by atoms with E-state index in [1.165, 1.54) is 19.1 Å². The van der Waals surface area contributed by atoms with Crippen LogP contribution in [-0.2, 0) is 26.2 Å². The summed E-state index contributed by atoms with van der Waals surface area (Å²) in [6.45, 7) is 1.43. The second-order valence-corrected chi connectivity index (χ2v) is 9.26. The lowest BCUT2D eigenvalue weighted by atomic mass is 10.1. The van der Waals surface area contributed by atoms with Crippen LogP contribution in [0.1, 0.15) is 18.9 Å². The molecule has 2 aromatic carbocycles. The topological polar surface area (TPSA) is 105 Å². The molecule has 1 atom stereocenters. The van der Waals surface area contributed by atoms with E-state index in [-0.39, 0.29) is 18.1 Å². The molecule has 0 aliphatic heterocycles. The number of likely N-dealkylation sites (N-methyl/N-ethyl adjacent to an activating group) is 1. The lowest BCUT2D eigenvalue weighted by molar-refractivity contribution is -0.140. The van der Waals surface area contributed by atoms with Gasteiger partial charge in [0.25, 0.3) is 0 Å². The lowest BCUT2D eigenvalue weighted by Gasteiger charge is -2.32. The molecule has 0 fully saturated rings. The number of benzene rings is 2. The molecule has 0 aliphatic carbocycles. The highest BCUT2D eigenvalue weighted by Crippen LogP contribution is 2.29. The third-order valence-electron chi connectivity index (χ3n) is 5.18.